The van der Waals surface area contributed by atoms with Crippen LogP contribution in [0.3, 0.4) is 0 Å². The summed E-state index contributed by atoms with van der Waals surface area (Å²) in [5.74, 6) is -0.363. The maximum Gasteiger partial charge on any atom is 0.229 e. The Morgan fingerprint density at radius 3 is 2.96 bits per heavy atom. The van der Waals surface area contributed by atoms with E-state index in [1.165, 1.54) is 16.2 Å². The molecule has 1 unspecified atom stereocenters. The number of amides is 2. The number of thiazole rings is 2. The number of aryl methyl sites for hydroxylation is 3. The van der Waals surface area contributed by atoms with Gasteiger partial charge in [0.05, 0.1) is 16.6 Å². The third-order valence-corrected chi connectivity index (χ3v) is 6.01. The second-order valence-electron chi connectivity index (χ2n) is 5.86. The Labute approximate surface area is 148 Å². The number of hydrogen-bond acceptors (Lipinski definition) is 6. The van der Waals surface area contributed by atoms with Gasteiger partial charge in [0.25, 0.3) is 0 Å². The smallest absolute Gasteiger partial charge is 0.229 e. The Morgan fingerprint density at radius 2 is 2.29 bits per heavy atom. The Morgan fingerprint density at radius 1 is 1.46 bits per heavy atom. The van der Waals surface area contributed by atoms with E-state index in [1.54, 1.807) is 22.4 Å². The van der Waals surface area contributed by atoms with E-state index >= 15 is 0 Å². The first-order valence-corrected chi connectivity index (χ1v) is 9.64. The molecule has 0 bridgehead atoms. The summed E-state index contributed by atoms with van der Waals surface area (Å²) in [6.45, 7) is 5.12. The van der Waals surface area contributed by atoms with Crippen molar-refractivity contribution in [2.24, 2.45) is 5.92 Å². The van der Waals surface area contributed by atoms with E-state index in [1.807, 2.05) is 12.3 Å². The van der Waals surface area contributed by atoms with Gasteiger partial charge in [0.15, 0.2) is 5.13 Å². The topological polar surface area (TPSA) is 75.2 Å². The summed E-state index contributed by atoms with van der Waals surface area (Å²) < 4.78 is 0. The summed E-state index contributed by atoms with van der Waals surface area (Å²) in [4.78, 5) is 35.8. The van der Waals surface area contributed by atoms with E-state index < -0.39 is 0 Å². The summed E-state index contributed by atoms with van der Waals surface area (Å²) in [6, 6.07) is 0. The van der Waals surface area contributed by atoms with Crippen LogP contribution in [0.5, 0.6) is 0 Å². The van der Waals surface area contributed by atoms with Crippen LogP contribution in [-0.4, -0.2) is 34.9 Å². The first-order chi connectivity index (χ1) is 11.5. The number of nitrogens with zero attached hydrogens (tertiary/aromatic N) is 3. The molecule has 128 valence electrons. The highest BCUT2D eigenvalue weighted by molar-refractivity contribution is 7.13. The fourth-order valence-electron chi connectivity index (χ4n) is 2.66. The zero-order valence-corrected chi connectivity index (χ0v) is 15.4. The second-order valence-corrected chi connectivity index (χ2v) is 8.02. The van der Waals surface area contributed by atoms with Crippen molar-refractivity contribution in [3.63, 3.8) is 0 Å². The lowest BCUT2D eigenvalue weighted by Crippen LogP contribution is -2.33. The van der Waals surface area contributed by atoms with Gasteiger partial charge in [-0.25, -0.2) is 9.97 Å². The lowest BCUT2D eigenvalue weighted by molar-refractivity contribution is -0.126. The molecule has 0 saturated carbocycles. The maximum absolute atomic E-state index is 12.3. The highest BCUT2D eigenvalue weighted by Gasteiger charge is 2.35. The lowest BCUT2D eigenvalue weighted by atomic mass is 10.1. The van der Waals surface area contributed by atoms with Gasteiger partial charge in [-0.2, -0.15) is 0 Å². The number of aromatic nitrogens is 2. The molecule has 3 heterocycles. The first kappa shape index (κ1) is 17.0. The molecule has 0 aliphatic carbocycles. The number of carbonyl (C=O) groups is 2. The quantitative estimate of drug-likeness (QED) is 0.798. The van der Waals surface area contributed by atoms with Gasteiger partial charge in [-0.3, -0.25) is 14.5 Å². The van der Waals surface area contributed by atoms with Crippen molar-refractivity contribution in [2.75, 3.05) is 18.0 Å². The van der Waals surface area contributed by atoms with Crippen LogP contribution in [0.15, 0.2) is 11.6 Å². The standard InChI is InChI=1S/C16H20N4O2S2/c1-10-11(2)24-13(19-10)4-3-5-17-15(22)12-8-14(21)20(9-12)16-18-6-7-23-16/h6-7,12H,3-5,8-9H2,1-2H3,(H,17,22). The zero-order chi connectivity index (χ0) is 17.1. The van der Waals surface area contributed by atoms with Gasteiger partial charge in [0, 0.05) is 42.4 Å². The number of rotatable bonds is 6. The SMILES string of the molecule is Cc1nc(CCCNC(=O)C2CC(=O)N(c3nccs3)C2)sc1C. The van der Waals surface area contributed by atoms with Crippen molar-refractivity contribution in [3.8, 4) is 0 Å². The van der Waals surface area contributed by atoms with Crippen molar-refractivity contribution in [2.45, 2.75) is 33.1 Å². The molecule has 1 N–H and O–H groups in total. The Kier molecular flexibility index (Phi) is 5.25. The number of anilines is 1. The summed E-state index contributed by atoms with van der Waals surface area (Å²) in [5, 5.41) is 6.56. The summed E-state index contributed by atoms with van der Waals surface area (Å²) in [7, 11) is 0. The first-order valence-electron chi connectivity index (χ1n) is 7.95. The van der Waals surface area contributed by atoms with Gasteiger partial charge < -0.3 is 5.32 Å². The molecule has 0 aromatic carbocycles. The number of carbonyl (C=O) groups excluding carboxylic acids is 2. The highest BCUT2D eigenvalue weighted by atomic mass is 32.1. The second kappa shape index (κ2) is 7.40. The lowest BCUT2D eigenvalue weighted by Gasteiger charge is -2.13. The summed E-state index contributed by atoms with van der Waals surface area (Å²) in [6.07, 6.45) is 3.66. The minimum atomic E-state index is -0.286. The fraction of sp³-hybridized carbons (Fsp3) is 0.500. The third-order valence-electron chi connectivity index (χ3n) is 4.09. The maximum atomic E-state index is 12.3. The zero-order valence-electron chi connectivity index (χ0n) is 13.7. The van der Waals surface area contributed by atoms with Gasteiger partial charge in [-0.15, -0.1) is 22.7 Å². The molecule has 2 amide bonds. The van der Waals surface area contributed by atoms with Crippen molar-refractivity contribution < 1.29 is 9.59 Å². The van der Waals surface area contributed by atoms with Crippen LogP contribution in [0.2, 0.25) is 0 Å². The summed E-state index contributed by atoms with van der Waals surface area (Å²) in [5.41, 5.74) is 1.09. The van der Waals surface area contributed by atoms with Crippen LogP contribution in [-0.2, 0) is 16.0 Å². The van der Waals surface area contributed by atoms with E-state index in [0.717, 1.165) is 23.5 Å². The van der Waals surface area contributed by atoms with Gasteiger partial charge in [0.2, 0.25) is 11.8 Å². The molecular weight excluding hydrogens is 344 g/mol. The molecule has 24 heavy (non-hydrogen) atoms. The molecular formula is C16H20N4O2S2. The van der Waals surface area contributed by atoms with Gasteiger partial charge >= 0.3 is 0 Å². The van der Waals surface area contributed by atoms with E-state index in [9.17, 15) is 9.59 Å². The molecule has 2 aromatic rings. The average Bonchev–Trinajstić information content (AvgIpc) is 3.25. The molecule has 1 aliphatic heterocycles. The molecule has 6 nitrogen and oxygen atoms in total. The predicted octanol–water partition coefficient (Wildman–Crippen LogP) is 2.32. The van der Waals surface area contributed by atoms with Gasteiger partial charge in [-0.1, -0.05) is 0 Å². The van der Waals surface area contributed by atoms with Crippen LogP contribution in [0.4, 0.5) is 5.13 Å². The van der Waals surface area contributed by atoms with E-state index in [0.29, 0.717) is 18.2 Å². The molecule has 1 fully saturated rings. The highest BCUT2D eigenvalue weighted by Crippen LogP contribution is 2.26. The van der Waals surface area contributed by atoms with Gasteiger partial charge in [0.1, 0.15) is 0 Å². The van der Waals surface area contributed by atoms with E-state index in [4.69, 9.17) is 0 Å². The van der Waals surface area contributed by atoms with Gasteiger partial charge in [-0.05, 0) is 20.3 Å². The molecule has 0 radical (unpaired) electrons. The van der Waals surface area contributed by atoms with Crippen molar-refractivity contribution >= 4 is 39.6 Å². The van der Waals surface area contributed by atoms with Crippen molar-refractivity contribution in [3.05, 3.63) is 27.2 Å². The van der Waals surface area contributed by atoms with Crippen molar-refractivity contribution in [1.82, 2.24) is 15.3 Å². The Hall–Kier alpha value is -1.80. The third kappa shape index (κ3) is 3.81. The Balaban J connectivity index is 1.43. The largest absolute Gasteiger partial charge is 0.356 e. The number of nitrogens with one attached hydrogen (secondary N) is 1. The monoisotopic (exact) mass is 364 g/mol. The van der Waals surface area contributed by atoms with Crippen molar-refractivity contribution in [1.29, 1.82) is 0 Å². The Bertz CT molecular complexity index is 707. The normalized spacial score (nSPS) is 17.5. The van der Waals surface area contributed by atoms with Crippen LogP contribution in [0, 0.1) is 19.8 Å². The molecule has 8 heteroatoms. The minimum Gasteiger partial charge on any atom is -0.356 e. The van der Waals surface area contributed by atoms with Crippen LogP contribution < -0.4 is 10.2 Å². The molecule has 1 saturated heterocycles. The summed E-state index contributed by atoms with van der Waals surface area (Å²) >= 11 is 3.13. The molecule has 3 rings (SSSR count). The molecule has 1 atom stereocenters. The number of hydrogen-bond donors (Lipinski definition) is 1. The van der Waals surface area contributed by atoms with E-state index in [2.05, 4.69) is 22.2 Å². The van der Waals surface area contributed by atoms with Crippen LogP contribution >= 0.6 is 22.7 Å². The average molecular weight is 364 g/mol. The fourth-order valence-corrected chi connectivity index (χ4v) is 4.30. The molecule has 1 aliphatic rings. The molecule has 0 spiro atoms. The molecule has 2 aromatic heterocycles. The van der Waals surface area contributed by atoms with E-state index in [-0.39, 0.29) is 24.2 Å². The van der Waals surface area contributed by atoms with Crippen LogP contribution in [0.1, 0.15) is 28.4 Å². The minimum absolute atomic E-state index is 0.0289. The van der Waals surface area contributed by atoms with Crippen LogP contribution in [0.25, 0.3) is 0 Å². The predicted molar refractivity (Wildman–Crippen MR) is 95.5 cm³/mol.